The standard InChI is InChI=1S/C44H46N4O6/c1-21(2)33-27-17-25(7)35(41(51)37(27)29(39(49)43(33)53)19-45-47-31-15-11-9-13-23(31)5)36-26(8)18-28-34(22(3)4)44(54)40(50)30(38(28)42(36)52)20-46-48-32-16-12-10-14-24(32)6/h9-22,45-48,51-54H,1-8H3/b29-19-,30-20-. The molecule has 4 aromatic rings. The molecule has 6 rings (SSSR count). The number of para-hydroxylation sites is 2. The van der Waals surface area contributed by atoms with Crippen LogP contribution in [0.25, 0.3) is 33.4 Å². The van der Waals surface area contributed by atoms with Crippen LogP contribution in [-0.2, 0) is 9.59 Å². The SMILES string of the molecule is Cc1ccccc1NN/C=C1\C(=O)C(O)=C(C(C)C)c2cc(C)c(-c3c(C)cc4c(c3O)/C(=C/NNc3ccccc3C)C(=O)C(O)=C4C(C)C)c(O)c21. The van der Waals surface area contributed by atoms with Gasteiger partial charge in [-0.1, -0.05) is 76.2 Å². The number of anilines is 2. The molecule has 0 saturated heterocycles. The third-order valence-electron chi connectivity index (χ3n) is 10.1. The van der Waals surface area contributed by atoms with E-state index in [1.165, 1.54) is 12.4 Å². The molecule has 0 spiro atoms. The van der Waals surface area contributed by atoms with Gasteiger partial charge in [-0.15, -0.1) is 0 Å². The Kier molecular flexibility index (Phi) is 10.1. The summed E-state index contributed by atoms with van der Waals surface area (Å²) in [5.41, 5.74) is 19.3. The third kappa shape index (κ3) is 6.33. The van der Waals surface area contributed by atoms with Gasteiger partial charge in [-0.3, -0.25) is 9.59 Å². The van der Waals surface area contributed by atoms with E-state index < -0.39 is 23.1 Å². The Bertz CT molecular complexity index is 2200. The number of hydrazine groups is 2. The summed E-state index contributed by atoms with van der Waals surface area (Å²) >= 11 is 0. The molecule has 0 fully saturated rings. The van der Waals surface area contributed by atoms with E-state index in [0.29, 0.717) is 33.4 Å². The van der Waals surface area contributed by atoms with E-state index in [2.05, 4.69) is 21.7 Å². The monoisotopic (exact) mass is 726 g/mol. The molecule has 0 aromatic heterocycles. The molecule has 2 aliphatic carbocycles. The number of hydrogen-bond donors (Lipinski definition) is 8. The van der Waals surface area contributed by atoms with Crippen LogP contribution in [0, 0.1) is 39.5 Å². The quantitative estimate of drug-likeness (QED) is 0.0617. The van der Waals surface area contributed by atoms with Crippen LogP contribution in [-0.4, -0.2) is 32.0 Å². The summed E-state index contributed by atoms with van der Waals surface area (Å²) < 4.78 is 0. The molecule has 2 aliphatic rings. The van der Waals surface area contributed by atoms with Crippen molar-refractivity contribution in [2.24, 2.45) is 11.8 Å². The summed E-state index contributed by atoms with van der Waals surface area (Å²) in [4.78, 5) is 27.7. The number of fused-ring (bicyclic) bond motifs is 2. The minimum Gasteiger partial charge on any atom is -0.507 e. The molecular weight excluding hydrogens is 681 g/mol. The fraction of sp³-hybridized carbons (Fsp3) is 0.227. The minimum atomic E-state index is -0.674. The Labute approximate surface area is 315 Å². The van der Waals surface area contributed by atoms with Crippen LogP contribution in [0.1, 0.15) is 72.2 Å². The van der Waals surface area contributed by atoms with E-state index in [-0.39, 0.29) is 56.7 Å². The third-order valence-corrected chi connectivity index (χ3v) is 10.1. The number of carbonyl (C=O) groups excluding carboxylic acids is 2. The van der Waals surface area contributed by atoms with Crippen molar-refractivity contribution >= 4 is 45.2 Å². The van der Waals surface area contributed by atoms with Crippen molar-refractivity contribution < 1.29 is 30.0 Å². The zero-order valence-corrected chi connectivity index (χ0v) is 31.7. The molecule has 0 atom stereocenters. The van der Waals surface area contributed by atoms with Crippen molar-refractivity contribution in [2.45, 2.75) is 55.4 Å². The van der Waals surface area contributed by atoms with Crippen molar-refractivity contribution in [1.29, 1.82) is 0 Å². The lowest BCUT2D eigenvalue weighted by Crippen LogP contribution is -2.23. The van der Waals surface area contributed by atoms with Crippen molar-refractivity contribution in [2.75, 3.05) is 10.9 Å². The maximum atomic E-state index is 13.9. The highest BCUT2D eigenvalue weighted by Crippen LogP contribution is 2.53. The molecular formula is C44H46N4O6. The normalized spacial score (nSPS) is 15.7. The van der Waals surface area contributed by atoms with Gasteiger partial charge in [-0.2, -0.15) is 0 Å². The maximum Gasteiger partial charge on any atom is 0.229 e. The van der Waals surface area contributed by atoms with Gasteiger partial charge in [-0.05, 0) is 85.0 Å². The molecule has 278 valence electrons. The molecule has 0 heterocycles. The molecule has 8 N–H and O–H groups in total. The van der Waals surface area contributed by atoms with Gasteiger partial charge in [0, 0.05) is 45.8 Å². The topological polar surface area (TPSA) is 163 Å². The number of phenols is 2. The second-order valence-electron chi connectivity index (χ2n) is 14.5. The average molecular weight is 727 g/mol. The van der Waals surface area contributed by atoms with Crippen molar-refractivity contribution in [3.63, 3.8) is 0 Å². The number of nitrogens with one attached hydrogen (secondary N) is 4. The number of aliphatic hydroxyl groups is 2. The predicted octanol–water partition coefficient (Wildman–Crippen LogP) is 8.93. The smallest absolute Gasteiger partial charge is 0.229 e. The number of aromatic hydroxyl groups is 2. The maximum absolute atomic E-state index is 13.9. The molecule has 0 amide bonds. The first kappa shape index (κ1) is 37.3. The molecule has 0 unspecified atom stereocenters. The van der Waals surface area contributed by atoms with Gasteiger partial charge in [0.05, 0.1) is 22.5 Å². The first-order chi connectivity index (χ1) is 25.6. The highest BCUT2D eigenvalue weighted by atomic mass is 16.3. The van der Waals surface area contributed by atoms with Crippen LogP contribution in [0.3, 0.4) is 0 Å². The van der Waals surface area contributed by atoms with E-state index in [1.54, 1.807) is 26.0 Å². The minimum absolute atomic E-state index is 0.0130. The zero-order valence-electron chi connectivity index (χ0n) is 31.7. The number of ketones is 2. The fourth-order valence-electron chi connectivity index (χ4n) is 7.43. The van der Waals surface area contributed by atoms with E-state index in [1.807, 2.05) is 90.1 Å². The van der Waals surface area contributed by atoms with Crippen LogP contribution in [0.15, 0.2) is 84.6 Å². The lowest BCUT2D eigenvalue weighted by molar-refractivity contribution is -0.113. The Hall–Kier alpha value is -6.42. The van der Waals surface area contributed by atoms with E-state index in [4.69, 9.17) is 0 Å². The average Bonchev–Trinajstić information content (AvgIpc) is 3.11. The van der Waals surface area contributed by atoms with E-state index in [0.717, 1.165) is 22.5 Å². The Morgan fingerprint density at radius 1 is 0.519 bits per heavy atom. The van der Waals surface area contributed by atoms with Gasteiger partial charge in [0.2, 0.25) is 11.6 Å². The Balaban J connectivity index is 1.57. The molecule has 0 radical (unpaired) electrons. The van der Waals surface area contributed by atoms with Gasteiger partial charge in [0.15, 0.2) is 11.5 Å². The number of Topliss-reactive ketones (excluding diaryl/α,β-unsaturated/α-hetero) is 2. The summed E-state index contributed by atoms with van der Waals surface area (Å²) in [6.07, 6.45) is 2.82. The highest BCUT2D eigenvalue weighted by molar-refractivity contribution is 6.35. The lowest BCUT2D eigenvalue weighted by atomic mass is 9.75. The second-order valence-corrected chi connectivity index (χ2v) is 14.5. The largest absolute Gasteiger partial charge is 0.507 e. The van der Waals surface area contributed by atoms with Gasteiger partial charge < -0.3 is 42.1 Å². The van der Waals surface area contributed by atoms with Crippen LogP contribution in [0.5, 0.6) is 11.5 Å². The van der Waals surface area contributed by atoms with Crippen molar-refractivity contribution in [1.82, 2.24) is 10.9 Å². The van der Waals surface area contributed by atoms with Crippen molar-refractivity contribution in [3.8, 4) is 22.6 Å². The number of benzene rings is 4. The van der Waals surface area contributed by atoms with Gasteiger partial charge >= 0.3 is 0 Å². The number of phenolic OH excluding ortho intramolecular Hbond substituents is 2. The first-order valence-electron chi connectivity index (χ1n) is 17.9. The number of hydrogen-bond acceptors (Lipinski definition) is 10. The second kappa shape index (κ2) is 14.5. The molecule has 10 heteroatoms. The van der Waals surface area contributed by atoms with E-state index >= 15 is 0 Å². The molecule has 0 aliphatic heterocycles. The number of rotatable bonds is 9. The molecule has 0 bridgehead atoms. The Morgan fingerprint density at radius 3 is 1.20 bits per heavy atom. The number of aliphatic hydroxyl groups excluding tert-OH is 2. The van der Waals surface area contributed by atoms with Gasteiger partial charge in [0.25, 0.3) is 0 Å². The fourth-order valence-corrected chi connectivity index (χ4v) is 7.43. The molecule has 4 aromatic carbocycles. The summed E-state index contributed by atoms with van der Waals surface area (Å²) in [5, 5.41) is 47.1. The molecule has 0 saturated carbocycles. The first-order valence-corrected chi connectivity index (χ1v) is 17.9. The molecule has 10 nitrogen and oxygen atoms in total. The summed E-state index contributed by atoms with van der Waals surface area (Å²) in [5.74, 6) is -3.27. The summed E-state index contributed by atoms with van der Waals surface area (Å²) in [6, 6.07) is 18.8. The van der Waals surface area contributed by atoms with Crippen LogP contribution < -0.4 is 21.7 Å². The highest BCUT2D eigenvalue weighted by Gasteiger charge is 2.38. The number of aryl methyl sites for hydroxylation is 4. The van der Waals surface area contributed by atoms with Crippen LogP contribution in [0.2, 0.25) is 0 Å². The van der Waals surface area contributed by atoms with Crippen LogP contribution >= 0.6 is 0 Å². The predicted molar refractivity (Wildman–Crippen MR) is 215 cm³/mol. The van der Waals surface area contributed by atoms with E-state index in [9.17, 15) is 30.0 Å². The number of carbonyl (C=O) groups is 2. The van der Waals surface area contributed by atoms with Crippen molar-refractivity contribution in [3.05, 3.63) is 129 Å². The molecule has 54 heavy (non-hydrogen) atoms. The number of allylic oxidation sites excluding steroid dienone is 4. The summed E-state index contributed by atoms with van der Waals surface area (Å²) in [7, 11) is 0. The van der Waals surface area contributed by atoms with Gasteiger partial charge in [-0.25, -0.2) is 0 Å². The van der Waals surface area contributed by atoms with Gasteiger partial charge in [0.1, 0.15) is 11.5 Å². The Morgan fingerprint density at radius 2 is 0.870 bits per heavy atom. The lowest BCUT2D eigenvalue weighted by Gasteiger charge is -2.29. The van der Waals surface area contributed by atoms with Crippen LogP contribution in [0.4, 0.5) is 11.4 Å². The summed E-state index contributed by atoms with van der Waals surface area (Å²) in [6.45, 7) is 14.9. The zero-order chi connectivity index (χ0) is 39.2.